The van der Waals surface area contributed by atoms with Crippen molar-refractivity contribution in [1.29, 1.82) is 0 Å². The normalized spacial score (nSPS) is 14.8. The number of nitrogens with zero attached hydrogens (tertiary/aromatic N) is 2. The minimum atomic E-state index is 0.522. The number of rotatable bonds is 3. The Morgan fingerprint density at radius 2 is 2.12 bits per heavy atom. The van der Waals surface area contributed by atoms with Crippen LogP contribution in [0.25, 0.3) is 5.70 Å². The first-order chi connectivity index (χ1) is 11.6. The van der Waals surface area contributed by atoms with E-state index < -0.39 is 0 Å². The van der Waals surface area contributed by atoms with Crippen LogP contribution in [-0.4, -0.2) is 22.9 Å². The quantitative estimate of drug-likeness (QED) is 0.854. The van der Waals surface area contributed by atoms with Gasteiger partial charge in [0.05, 0.1) is 11.4 Å². The molecule has 124 valence electrons. The lowest BCUT2D eigenvalue weighted by molar-refractivity contribution is 0.447. The molecular formula is C20H24N4. The van der Waals surface area contributed by atoms with Gasteiger partial charge in [0.2, 0.25) is 0 Å². The van der Waals surface area contributed by atoms with Crippen molar-refractivity contribution in [3.63, 3.8) is 0 Å². The van der Waals surface area contributed by atoms with Gasteiger partial charge in [-0.15, -0.1) is 0 Å². The molecule has 2 N–H and O–H groups in total. The zero-order valence-corrected chi connectivity index (χ0v) is 14.4. The molecule has 0 saturated carbocycles. The summed E-state index contributed by atoms with van der Waals surface area (Å²) in [5.74, 6) is 7.27. The first-order valence-corrected chi connectivity index (χ1v) is 8.40. The molecule has 1 fully saturated rings. The zero-order valence-electron chi connectivity index (χ0n) is 14.4. The fraction of sp³-hybridized carbons (Fsp3) is 0.350. The summed E-state index contributed by atoms with van der Waals surface area (Å²) in [7, 11) is 1.91. The first-order valence-electron chi connectivity index (χ1n) is 8.40. The van der Waals surface area contributed by atoms with Gasteiger partial charge in [0, 0.05) is 30.4 Å². The smallest absolute Gasteiger partial charge is 0.0835 e. The van der Waals surface area contributed by atoms with Crippen LogP contribution in [0.15, 0.2) is 37.0 Å². The molecule has 4 heteroatoms. The summed E-state index contributed by atoms with van der Waals surface area (Å²) < 4.78 is 1.81. The molecule has 0 unspecified atom stereocenters. The van der Waals surface area contributed by atoms with Gasteiger partial charge in [-0.2, -0.15) is 5.10 Å². The highest BCUT2D eigenvalue weighted by molar-refractivity contribution is 5.75. The molecule has 1 aliphatic rings. The van der Waals surface area contributed by atoms with Crippen LogP contribution in [0.5, 0.6) is 0 Å². The molecule has 2 heterocycles. The number of benzene rings is 1. The second-order valence-electron chi connectivity index (χ2n) is 6.27. The molecule has 4 nitrogen and oxygen atoms in total. The van der Waals surface area contributed by atoms with E-state index in [9.17, 15) is 0 Å². The summed E-state index contributed by atoms with van der Waals surface area (Å²) in [4.78, 5) is 0. The van der Waals surface area contributed by atoms with Crippen molar-refractivity contribution in [3.8, 4) is 11.8 Å². The number of hydrogen-bond acceptors (Lipinski definition) is 3. The molecule has 0 aliphatic carbocycles. The van der Waals surface area contributed by atoms with Crippen molar-refractivity contribution in [2.75, 3.05) is 18.4 Å². The van der Waals surface area contributed by atoms with E-state index in [2.05, 4.69) is 59.3 Å². The first kappa shape index (κ1) is 16.4. The lowest BCUT2D eigenvalue weighted by Gasteiger charge is -2.17. The molecule has 1 aliphatic heterocycles. The summed E-state index contributed by atoms with van der Waals surface area (Å²) in [6, 6.07) is 8.22. The Kier molecular flexibility index (Phi) is 5.02. The Morgan fingerprint density at radius 3 is 2.79 bits per heavy atom. The fourth-order valence-electron chi connectivity index (χ4n) is 2.93. The van der Waals surface area contributed by atoms with Gasteiger partial charge in [-0.1, -0.05) is 18.4 Å². The maximum Gasteiger partial charge on any atom is 0.0835 e. The highest BCUT2D eigenvalue weighted by Gasteiger charge is 2.09. The Labute approximate surface area is 144 Å². The third-order valence-corrected chi connectivity index (χ3v) is 4.40. The summed E-state index contributed by atoms with van der Waals surface area (Å²) in [5, 5.41) is 10.9. The molecule has 0 atom stereocenters. The molecule has 0 spiro atoms. The SMILES string of the molecule is C=C(Nc1ccc(C#CC2CCNCC2)cc1C)c1ccnn1C. The fourth-order valence-corrected chi connectivity index (χ4v) is 2.93. The number of aryl methyl sites for hydroxylation is 2. The zero-order chi connectivity index (χ0) is 16.9. The number of hydrogen-bond donors (Lipinski definition) is 2. The third-order valence-electron chi connectivity index (χ3n) is 4.40. The molecule has 1 aromatic heterocycles. The van der Waals surface area contributed by atoms with Gasteiger partial charge >= 0.3 is 0 Å². The van der Waals surface area contributed by atoms with Crippen LogP contribution in [0.4, 0.5) is 5.69 Å². The van der Waals surface area contributed by atoms with Crippen molar-refractivity contribution in [1.82, 2.24) is 15.1 Å². The molecule has 3 rings (SSSR count). The van der Waals surface area contributed by atoms with Gasteiger partial charge in [0.15, 0.2) is 0 Å². The van der Waals surface area contributed by atoms with Crippen LogP contribution in [0.2, 0.25) is 0 Å². The van der Waals surface area contributed by atoms with Crippen LogP contribution >= 0.6 is 0 Å². The van der Waals surface area contributed by atoms with Gasteiger partial charge in [-0.05, 0) is 62.7 Å². The minimum absolute atomic E-state index is 0.522. The van der Waals surface area contributed by atoms with Crippen LogP contribution < -0.4 is 10.6 Å². The van der Waals surface area contributed by atoms with E-state index in [0.717, 1.165) is 54.1 Å². The van der Waals surface area contributed by atoms with Gasteiger partial charge in [0.25, 0.3) is 0 Å². The van der Waals surface area contributed by atoms with Gasteiger partial charge in [-0.25, -0.2) is 0 Å². The van der Waals surface area contributed by atoms with Gasteiger partial charge in [-0.3, -0.25) is 4.68 Å². The van der Waals surface area contributed by atoms with Crippen LogP contribution in [0.3, 0.4) is 0 Å². The molecular weight excluding hydrogens is 296 g/mol. The van der Waals surface area contributed by atoms with E-state index in [0.29, 0.717) is 5.92 Å². The van der Waals surface area contributed by atoms with Crippen molar-refractivity contribution in [3.05, 3.63) is 53.9 Å². The molecule has 0 amide bonds. The number of piperidine rings is 1. The van der Waals surface area contributed by atoms with Crippen LogP contribution in [0, 0.1) is 24.7 Å². The maximum absolute atomic E-state index is 4.18. The average molecular weight is 320 g/mol. The largest absolute Gasteiger partial charge is 0.354 e. The predicted molar refractivity (Wildman–Crippen MR) is 99.5 cm³/mol. The van der Waals surface area contributed by atoms with E-state index in [1.807, 2.05) is 17.8 Å². The highest BCUT2D eigenvalue weighted by atomic mass is 15.3. The van der Waals surface area contributed by atoms with Crippen molar-refractivity contribution in [2.45, 2.75) is 19.8 Å². The number of nitrogens with one attached hydrogen (secondary N) is 2. The third kappa shape index (κ3) is 3.87. The minimum Gasteiger partial charge on any atom is -0.354 e. The summed E-state index contributed by atoms with van der Waals surface area (Å²) >= 11 is 0. The topological polar surface area (TPSA) is 41.9 Å². The monoisotopic (exact) mass is 320 g/mol. The highest BCUT2D eigenvalue weighted by Crippen LogP contribution is 2.21. The predicted octanol–water partition coefficient (Wildman–Crippen LogP) is 3.16. The Morgan fingerprint density at radius 1 is 1.33 bits per heavy atom. The summed E-state index contributed by atoms with van der Waals surface area (Å²) in [6.07, 6.45) is 4.07. The number of aromatic nitrogens is 2. The van der Waals surface area contributed by atoms with Gasteiger partial charge in [0.1, 0.15) is 0 Å². The number of anilines is 1. The standard InChI is InChI=1S/C20H24N4/c1-15-14-18(5-4-17-8-11-21-12-9-17)6-7-19(15)23-16(2)20-10-13-22-24(20)3/h6-7,10,13-14,17,21,23H,2,8-9,11-12H2,1,3H3. The molecule has 1 saturated heterocycles. The lowest BCUT2D eigenvalue weighted by Crippen LogP contribution is -2.26. The van der Waals surface area contributed by atoms with E-state index in [1.165, 1.54) is 0 Å². The second kappa shape index (κ2) is 7.37. The van der Waals surface area contributed by atoms with E-state index in [1.54, 1.807) is 6.20 Å². The molecule has 0 bridgehead atoms. The molecule has 0 radical (unpaired) electrons. The molecule has 1 aromatic carbocycles. The van der Waals surface area contributed by atoms with Crippen molar-refractivity contribution < 1.29 is 0 Å². The molecule has 24 heavy (non-hydrogen) atoms. The van der Waals surface area contributed by atoms with Crippen molar-refractivity contribution >= 4 is 11.4 Å². The Bertz CT molecular complexity index is 785. The van der Waals surface area contributed by atoms with E-state index >= 15 is 0 Å². The van der Waals surface area contributed by atoms with Crippen molar-refractivity contribution in [2.24, 2.45) is 13.0 Å². The summed E-state index contributed by atoms with van der Waals surface area (Å²) in [6.45, 7) is 8.36. The summed E-state index contributed by atoms with van der Waals surface area (Å²) in [5.41, 5.74) is 5.10. The van der Waals surface area contributed by atoms with E-state index in [-0.39, 0.29) is 0 Å². The Balaban J connectivity index is 1.69. The second-order valence-corrected chi connectivity index (χ2v) is 6.27. The van der Waals surface area contributed by atoms with Gasteiger partial charge < -0.3 is 10.6 Å². The van der Waals surface area contributed by atoms with Crippen LogP contribution in [0.1, 0.15) is 29.7 Å². The van der Waals surface area contributed by atoms with E-state index in [4.69, 9.17) is 0 Å². The Hall–Kier alpha value is -2.51. The maximum atomic E-state index is 4.18. The lowest BCUT2D eigenvalue weighted by atomic mass is 9.98. The molecule has 2 aromatic rings. The van der Waals surface area contributed by atoms with Crippen LogP contribution in [-0.2, 0) is 7.05 Å². The average Bonchev–Trinajstić information content (AvgIpc) is 3.02.